The van der Waals surface area contributed by atoms with Gasteiger partial charge in [0.15, 0.2) is 0 Å². The molecule has 0 fully saturated rings. The number of fused-ring (bicyclic) bond motifs is 2. The van der Waals surface area contributed by atoms with Crippen molar-refractivity contribution < 1.29 is 4.39 Å². The molecule has 7 rings (SSSR count). The zero-order valence-electron chi connectivity index (χ0n) is 19.9. The van der Waals surface area contributed by atoms with Gasteiger partial charge in [0.1, 0.15) is 5.82 Å². The second-order valence-electron chi connectivity index (χ2n) is 9.20. The van der Waals surface area contributed by atoms with Gasteiger partial charge in [0.25, 0.3) is 0 Å². The van der Waals surface area contributed by atoms with Crippen molar-refractivity contribution in [3.05, 3.63) is 139 Å². The van der Waals surface area contributed by atoms with Crippen molar-refractivity contribution in [3.63, 3.8) is 0 Å². The summed E-state index contributed by atoms with van der Waals surface area (Å²) in [6.45, 7) is 0. The third-order valence-electron chi connectivity index (χ3n) is 6.90. The molecule has 37 heavy (non-hydrogen) atoms. The Labute approximate surface area is 218 Å². The molecule has 2 aromatic heterocycles. The second-order valence-corrected chi connectivity index (χ2v) is 10.3. The highest BCUT2D eigenvalue weighted by molar-refractivity contribution is 7.18. The van der Waals surface area contributed by atoms with E-state index in [4.69, 9.17) is 0 Å². The highest BCUT2D eigenvalue weighted by atomic mass is 32.1. The van der Waals surface area contributed by atoms with Crippen LogP contribution in [-0.2, 0) is 0 Å². The van der Waals surface area contributed by atoms with E-state index in [1.54, 1.807) is 11.3 Å². The first-order valence-corrected chi connectivity index (χ1v) is 13.1. The van der Waals surface area contributed by atoms with E-state index in [-0.39, 0.29) is 5.82 Å². The Morgan fingerprint density at radius 1 is 0.459 bits per heavy atom. The van der Waals surface area contributed by atoms with Crippen molar-refractivity contribution in [1.29, 1.82) is 0 Å². The van der Waals surface area contributed by atoms with E-state index in [0.29, 0.717) is 0 Å². The highest BCUT2D eigenvalue weighted by Gasteiger charge is 2.16. The molecule has 0 bridgehead atoms. The van der Waals surface area contributed by atoms with Crippen LogP contribution in [0.3, 0.4) is 0 Å². The fourth-order valence-electron chi connectivity index (χ4n) is 5.04. The molecule has 1 nitrogen and oxygen atoms in total. The molecule has 0 aliphatic heterocycles. The zero-order chi connectivity index (χ0) is 24.8. The van der Waals surface area contributed by atoms with Gasteiger partial charge in [0.2, 0.25) is 0 Å². The minimum atomic E-state index is -0.237. The Bertz CT molecular complexity index is 1890. The van der Waals surface area contributed by atoms with Gasteiger partial charge < -0.3 is 4.57 Å². The maximum atomic E-state index is 13.8. The van der Waals surface area contributed by atoms with Crippen LogP contribution >= 0.6 is 11.3 Å². The molecule has 176 valence electrons. The smallest absolute Gasteiger partial charge is 0.123 e. The molecule has 0 spiro atoms. The Hall–Kier alpha value is -4.47. The second kappa shape index (κ2) is 8.88. The molecule has 7 aromatic rings. The van der Waals surface area contributed by atoms with Crippen LogP contribution < -0.4 is 0 Å². The van der Waals surface area contributed by atoms with Crippen LogP contribution in [0.5, 0.6) is 0 Å². The number of nitrogens with zero attached hydrogens (tertiary/aromatic N) is 1. The predicted molar refractivity (Wildman–Crippen MR) is 155 cm³/mol. The third kappa shape index (κ3) is 3.94. The average Bonchev–Trinajstić information content (AvgIpc) is 3.61. The molecule has 0 radical (unpaired) electrons. The van der Waals surface area contributed by atoms with Crippen molar-refractivity contribution >= 4 is 32.9 Å². The summed E-state index contributed by atoms with van der Waals surface area (Å²) in [4.78, 5) is 2.39. The first kappa shape index (κ1) is 21.8. The monoisotopic (exact) mass is 495 g/mol. The summed E-state index contributed by atoms with van der Waals surface area (Å²) < 4.78 is 16.1. The summed E-state index contributed by atoms with van der Waals surface area (Å²) in [5, 5.41) is 4.89. The molecule has 0 aliphatic carbocycles. The molecule has 0 amide bonds. The number of aromatic nitrogens is 1. The van der Waals surface area contributed by atoms with Crippen molar-refractivity contribution in [1.82, 2.24) is 4.57 Å². The molecule has 5 aromatic carbocycles. The van der Waals surface area contributed by atoms with Gasteiger partial charge in [-0.2, -0.15) is 0 Å². The lowest BCUT2D eigenvalue weighted by Crippen LogP contribution is -1.99. The fraction of sp³-hybridized carbons (Fsp3) is 0. The normalized spacial score (nSPS) is 11.4. The molecule has 2 heterocycles. The number of halogens is 1. The first-order valence-electron chi connectivity index (χ1n) is 12.3. The quantitative estimate of drug-likeness (QED) is 0.229. The number of rotatable bonds is 4. The molecule has 3 heteroatoms. The standard InChI is InChI=1S/C34H22FNS/c35-29-13-15-30(16-14-29)36-31(27-11-9-23-5-1-3-7-25(23)21-27)17-18-32(36)34-20-19-33(37-34)28-12-10-24-6-2-4-8-26(24)22-28/h1-22H. The van der Waals surface area contributed by atoms with Gasteiger partial charge in [0.05, 0.1) is 16.3 Å². The third-order valence-corrected chi connectivity index (χ3v) is 8.06. The van der Waals surface area contributed by atoms with Crippen LogP contribution in [-0.4, -0.2) is 4.57 Å². The van der Waals surface area contributed by atoms with Crippen molar-refractivity contribution in [3.8, 4) is 38.0 Å². The Morgan fingerprint density at radius 3 is 1.73 bits per heavy atom. The Morgan fingerprint density at radius 2 is 1.03 bits per heavy atom. The first-order chi connectivity index (χ1) is 18.2. The van der Waals surface area contributed by atoms with Crippen molar-refractivity contribution in [2.75, 3.05) is 0 Å². The summed E-state index contributed by atoms with van der Waals surface area (Å²) in [5.41, 5.74) is 5.44. The predicted octanol–water partition coefficient (Wildman–Crippen LogP) is 9.99. The maximum absolute atomic E-state index is 13.8. The summed E-state index contributed by atoms with van der Waals surface area (Å²) in [6, 6.07) is 45.5. The van der Waals surface area contributed by atoms with E-state index in [9.17, 15) is 4.39 Å². The number of hydrogen-bond acceptors (Lipinski definition) is 1. The average molecular weight is 496 g/mol. The lowest BCUT2D eigenvalue weighted by atomic mass is 10.1. The maximum Gasteiger partial charge on any atom is 0.123 e. The molecule has 0 saturated carbocycles. The summed E-state index contributed by atoms with van der Waals surface area (Å²) in [6.07, 6.45) is 0. The van der Waals surface area contributed by atoms with Crippen LogP contribution in [0.4, 0.5) is 4.39 Å². The lowest BCUT2D eigenvalue weighted by Gasteiger charge is -2.14. The topological polar surface area (TPSA) is 4.93 Å². The van der Waals surface area contributed by atoms with Gasteiger partial charge in [-0.3, -0.25) is 0 Å². The van der Waals surface area contributed by atoms with Gasteiger partial charge in [-0.05, 0) is 93.3 Å². The fourth-order valence-corrected chi connectivity index (χ4v) is 6.06. The van der Waals surface area contributed by atoms with Crippen molar-refractivity contribution in [2.45, 2.75) is 0 Å². The highest BCUT2D eigenvalue weighted by Crippen LogP contribution is 2.39. The summed E-state index contributed by atoms with van der Waals surface area (Å²) in [7, 11) is 0. The number of thiophene rings is 1. The van der Waals surface area contributed by atoms with E-state index in [0.717, 1.165) is 22.6 Å². The van der Waals surface area contributed by atoms with Gasteiger partial charge >= 0.3 is 0 Å². The van der Waals surface area contributed by atoms with Crippen LogP contribution in [0, 0.1) is 5.82 Å². The molecular formula is C34H22FNS. The molecule has 0 N–H and O–H groups in total. The zero-order valence-corrected chi connectivity index (χ0v) is 20.8. The number of benzene rings is 5. The van der Waals surface area contributed by atoms with Crippen LogP contribution in [0.1, 0.15) is 0 Å². The van der Waals surface area contributed by atoms with Crippen LogP contribution in [0.15, 0.2) is 133 Å². The minimum Gasteiger partial charge on any atom is -0.308 e. The van der Waals surface area contributed by atoms with Gasteiger partial charge in [0, 0.05) is 10.6 Å². The lowest BCUT2D eigenvalue weighted by molar-refractivity contribution is 0.627. The van der Waals surface area contributed by atoms with E-state index in [1.165, 1.54) is 49.0 Å². The molecule has 0 aliphatic rings. The Balaban J connectivity index is 1.37. The van der Waals surface area contributed by atoms with Gasteiger partial charge in [-0.25, -0.2) is 4.39 Å². The Kier molecular flexibility index (Phi) is 5.23. The van der Waals surface area contributed by atoms with Crippen LogP contribution in [0.2, 0.25) is 0 Å². The van der Waals surface area contributed by atoms with E-state index in [1.807, 2.05) is 12.1 Å². The number of hydrogen-bond donors (Lipinski definition) is 0. The molecule has 0 unspecified atom stereocenters. The van der Waals surface area contributed by atoms with Crippen LogP contribution in [0.25, 0.3) is 59.5 Å². The molecule has 0 atom stereocenters. The SMILES string of the molecule is Fc1ccc(-n2c(-c3ccc4ccccc4c3)ccc2-c2ccc(-c3ccc4ccccc4c3)s2)cc1. The largest absolute Gasteiger partial charge is 0.308 e. The summed E-state index contributed by atoms with van der Waals surface area (Å²) in [5.74, 6) is -0.237. The van der Waals surface area contributed by atoms with Crippen molar-refractivity contribution in [2.24, 2.45) is 0 Å². The van der Waals surface area contributed by atoms with E-state index in [2.05, 4.69) is 114 Å². The molecule has 0 saturated heterocycles. The molecular weight excluding hydrogens is 473 g/mol. The van der Waals surface area contributed by atoms with E-state index >= 15 is 0 Å². The van der Waals surface area contributed by atoms with Gasteiger partial charge in [-0.15, -0.1) is 11.3 Å². The van der Waals surface area contributed by atoms with Gasteiger partial charge in [-0.1, -0.05) is 72.8 Å². The van der Waals surface area contributed by atoms with E-state index < -0.39 is 0 Å². The minimum absolute atomic E-state index is 0.237. The summed E-state index contributed by atoms with van der Waals surface area (Å²) >= 11 is 1.78.